The number of aliphatic hydroxyl groups is 1. The molecule has 1 rings (SSSR count). The zero-order valence-corrected chi connectivity index (χ0v) is 8.20. The van der Waals surface area contributed by atoms with E-state index in [9.17, 15) is 8.78 Å². The molecule has 0 saturated heterocycles. The van der Waals surface area contributed by atoms with Crippen LogP contribution in [-0.2, 0) is 13.2 Å². The standard InChI is InChI=1S/C9H12F2N2O2/c1-15-9-7(8(10)11)6(4-14)5(2-12)3-13-9/h3,8,14H,2,4,12H2,1H3. The van der Waals surface area contributed by atoms with E-state index in [2.05, 4.69) is 4.98 Å². The summed E-state index contributed by atoms with van der Waals surface area (Å²) in [5, 5.41) is 9.03. The Morgan fingerprint density at radius 2 is 2.27 bits per heavy atom. The Bertz CT molecular complexity index is 345. The van der Waals surface area contributed by atoms with Gasteiger partial charge in [-0.25, -0.2) is 13.8 Å². The number of aliphatic hydroxyl groups excluding tert-OH is 1. The van der Waals surface area contributed by atoms with E-state index in [-0.39, 0.29) is 23.6 Å². The fraction of sp³-hybridized carbons (Fsp3) is 0.444. The number of rotatable bonds is 4. The van der Waals surface area contributed by atoms with Crippen LogP contribution in [0.3, 0.4) is 0 Å². The highest BCUT2D eigenvalue weighted by atomic mass is 19.3. The molecular weight excluding hydrogens is 206 g/mol. The molecule has 0 radical (unpaired) electrons. The largest absolute Gasteiger partial charge is 0.481 e. The average Bonchev–Trinajstić information content (AvgIpc) is 2.26. The molecule has 4 nitrogen and oxygen atoms in total. The Kier molecular flexibility index (Phi) is 3.93. The van der Waals surface area contributed by atoms with Crippen molar-refractivity contribution in [2.24, 2.45) is 5.73 Å². The fourth-order valence-electron chi connectivity index (χ4n) is 1.34. The second kappa shape index (κ2) is 4.99. The van der Waals surface area contributed by atoms with E-state index in [1.165, 1.54) is 13.3 Å². The van der Waals surface area contributed by atoms with Crippen LogP contribution >= 0.6 is 0 Å². The van der Waals surface area contributed by atoms with Gasteiger partial charge in [-0.15, -0.1) is 0 Å². The molecule has 0 unspecified atom stereocenters. The first-order valence-corrected chi connectivity index (χ1v) is 4.29. The first-order valence-electron chi connectivity index (χ1n) is 4.29. The molecule has 1 aromatic heterocycles. The van der Waals surface area contributed by atoms with E-state index in [4.69, 9.17) is 15.6 Å². The topological polar surface area (TPSA) is 68.4 Å². The number of halogens is 2. The van der Waals surface area contributed by atoms with Crippen molar-refractivity contribution in [2.75, 3.05) is 7.11 Å². The van der Waals surface area contributed by atoms with Gasteiger partial charge in [0.05, 0.1) is 19.3 Å². The summed E-state index contributed by atoms with van der Waals surface area (Å²) in [6.07, 6.45) is -1.42. The third kappa shape index (κ3) is 2.21. The quantitative estimate of drug-likeness (QED) is 0.790. The molecule has 0 aliphatic heterocycles. The molecule has 0 spiro atoms. The first kappa shape index (κ1) is 11.8. The first-order chi connectivity index (χ1) is 7.15. The molecule has 0 bridgehead atoms. The number of hydrogen-bond acceptors (Lipinski definition) is 4. The zero-order chi connectivity index (χ0) is 11.4. The fourth-order valence-corrected chi connectivity index (χ4v) is 1.34. The van der Waals surface area contributed by atoms with Crippen molar-refractivity contribution in [1.82, 2.24) is 4.98 Å². The number of methoxy groups -OCH3 is 1. The molecule has 6 heteroatoms. The van der Waals surface area contributed by atoms with Gasteiger partial charge in [0.25, 0.3) is 6.43 Å². The zero-order valence-electron chi connectivity index (χ0n) is 8.20. The van der Waals surface area contributed by atoms with E-state index < -0.39 is 13.0 Å². The van der Waals surface area contributed by atoms with E-state index in [0.717, 1.165) is 0 Å². The van der Waals surface area contributed by atoms with Crippen molar-refractivity contribution in [3.63, 3.8) is 0 Å². The van der Waals surface area contributed by atoms with Crippen LogP contribution in [0.5, 0.6) is 5.88 Å². The molecule has 1 heterocycles. The van der Waals surface area contributed by atoms with Crippen LogP contribution < -0.4 is 10.5 Å². The Morgan fingerprint density at radius 3 is 2.67 bits per heavy atom. The highest BCUT2D eigenvalue weighted by Gasteiger charge is 2.21. The molecule has 0 aromatic carbocycles. The van der Waals surface area contributed by atoms with Crippen molar-refractivity contribution >= 4 is 0 Å². The van der Waals surface area contributed by atoms with Gasteiger partial charge in [-0.3, -0.25) is 0 Å². The maximum atomic E-state index is 12.7. The molecule has 15 heavy (non-hydrogen) atoms. The van der Waals surface area contributed by atoms with Crippen LogP contribution in [0.25, 0.3) is 0 Å². The van der Waals surface area contributed by atoms with Gasteiger partial charge >= 0.3 is 0 Å². The Labute approximate surface area is 85.7 Å². The molecular formula is C9H12F2N2O2. The van der Waals surface area contributed by atoms with Crippen molar-refractivity contribution in [3.05, 3.63) is 22.9 Å². The summed E-state index contributed by atoms with van der Waals surface area (Å²) in [5.74, 6) is -0.175. The lowest BCUT2D eigenvalue weighted by molar-refractivity contribution is 0.141. The minimum atomic E-state index is -2.75. The van der Waals surface area contributed by atoms with Gasteiger partial charge in [-0.1, -0.05) is 0 Å². The minimum Gasteiger partial charge on any atom is -0.481 e. The van der Waals surface area contributed by atoms with Crippen molar-refractivity contribution in [3.8, 4) is 5.88 Å². The lowest BCUT2D eigenvalue weighted by Gasteiger charge is -2.13. The SMILES string of the molecule is COc1ncc(CN)c(CO)c1C(F)F. The highest BCUT2D eigenvalue weighted by molar-refractivity contribution is 5.40. The second-order valence-electron chi connectivity index (χ2n) is 2.85. The van der Waals surface area contributed by atoms with Gasteiger partial charge in [-0.05, 0) is 11.1 Å². The monoisotopic (exact) mass is 218 g/mol. The van der Waals surface area contributed by atoms with E-state index in [1.54, 1.807) is 0 Å². The van der Waals surface area contributed by atoms with Crippen molar-refractivity contribution in [2.45, 2.75) is 19.6 Å². The second-order valence-corrected chi connectivity index (χ2v) is 2.85. The van der Waals surface area contributed by atoms with Crippen LogP contribution in [-0.4, -0.2) is 17.2 Å². The summed E-state index contributed by atoms with van der Waals surface area (Å²) >= 11 is 0. The number of ether oxygens (including phenoxy) is 1. The predicted molar refractivity (Wildman–Crippen MR) is 49.6 cm³/mol. The Hall–Kier alpha value is -1.27. The molecule has 3 N–H and O–H groups in total. The van der Waals surface area contributed by atoms with Gasteiger partial charge in [-0.2, -0.15) is 0 Å². The van der Waals surface area contributed by atoms with Gasteiger partial charge in [0.15, 0.2) is 0 Å². The summed E-state index contributed by atoms with van der Waals surface area (Å²) in [4.78, 5) is 3.70. The Balaban J connectivity index is 3.37. The molecule has 0 saturated carbocycles. The molecule has 0 aliphatic carbocycles. The van der Waals surface area contributed by atoms with Gasteiger partial charge in [0, 0.05) is 12.7 Å². The maximum absolute atomic E-state index is 12.7. The summed E-state index contributed by atoms with van der Waals surface area (Å²) < 4.78 is 30.1. The Morgan fingerprint density at radius 1 is 1.60 bits per heavy atom. The number of nitrogens with two attached hydrogens (primary N) is 1. The molecule has 84 valence electrons. The molecule has 1 aromatic rings. The van der Waals surface area contributed by atoms with Gasteiger partial charge in [0.1, 0.15) is 0 Å². The number of alkyl halides is 2. The van der Waals surface area contributed by atoms with E-state index in [0.29, 0.717) is 5.56 Å². The van der Waals surface area contributed by atoms with Crippen LogP contribution in [0.1, 0.15) is 23.1 Å². The van der Waals surface area contributed by atoms with Gasteiger partial charge in [0.2, 0.25) is 5.88 Å². The normalized spacial score (nSPS) is 10.8. The minimum absolute atomic E-state index is 0.0482. The lowest BCUT2D eigenvalue weighted by atomic mass is 10.0. The highest BCUT2D eigenvalue weighted by Crippen LogP contribution is 2.32. The average molecular weight is 218 g/mol. The van der Waals surface area contributed by atoms with Crippen LogP contribution in [0, 0.1) is 0 Å². The molecule has 0 atom stereocenters. The number of nitrogens with zero attached hydrogens (tertiary/aromatic N) is 1. The van der Waals surface area contributed by atoms with Crippen LogP contribution in [0.15, 0.2) is 6.20 Å². The third-order valence-corrected chi connectivity index (χ3v) is 2.07. The molecule has 0 amide bonds. The molecule has 0 fully saturated rings. The number of pyridine rings is 1. The van der Waals surface area contributed by atoms with Crippen molar-refractivity contribution < 1.29 is 18.6 Å². The van der Waals surface area contributed by atoms with E-state index >= 15 is 0 Å². The summed E-state index contributed by atoms with van der Waals surface area (Å²) in [5.41, 5.74) is 5.46. The smallest absolute Gasteiger partial charge is 0.269 e. The van der Waals surface area contributed by atoms with E-state index in [1.807, 2.05) is 0 Å². The summed E-state index contributed by atoms with van der Waals surface area (Å²) in [6.45, 7) is -0.461. The number of aromatic nitrogens is 1. The summed E-state index contributed by atoms with van der Waals surface area (Å²) in [6, 6.07) is 0. The summed E-state index contributed by atoms with van der Waals surface area (Å²) in [7, 11) is 1.25. The van der Waals surface area contributed by atoms with Crippen LogP contribution in [0.2, 0.25) is 0 Å². The molecule has 0 aliphatic rings. The van der Waals surface area contributed by atoms with Crippen molar-refractivity contribution in [1.29, 1.82) is 0 Å². The van der Waals surface area contributed by atoms with Crippen LogP contribution in [0.4, 0.5) is 8.78 Å². The maximum Gasteiger partial charge on any atom is 0.269 e. The van der Waals surface area contributed by atoms with Gasteiger partial charge < -0.3 is 15.6 Å². The lowest BCUT2D eigenvalue weighted by Crippen LogP contribution is -2.09. The predicted octanol–water partition coefficient (Wildman–Crippen LogP) is 0.979. The third-order valence-electron chi connectivity index (χ3n) is 2.07. The number of hydrogen-bond donors (Lipinski definition) is 2.